The molecule has 1 unspecified atom stereocenters. The van der Waals surface area contributed by atoms with E-state index in [1.807, 2.05) is 42.2 Å². The lowest BCUT2D eigenvalue weighted by molar-refractivity contribution is -0.127. The highest BCUT2D eigenvalue weighted by Crippen LogP contribution is 2.43. The molecule has 7 heteroatoms. The Morgan fingerprint density at radius 1 is 1.07 bits per heavy atom. The van der Waals surface area contributed by atoms with E-state index in [1.165, 1.54) is 0 Å². The molecule has 1 aliphatic rings. The minimum absolute atomic E-state index is 0.0432. The number of ether oxygens (including phenoxy) is 1. The van der Waals surface area contributed by atoms with Gasteiger partial charge in [-0.1, -0.05) is 59.6 Å². The molecular weight excluding hydrogens is 411 g/mol. The van der Waals surface area contributed by atoms with Crippen LogP contribution in [0.2, 0.25) is 10.0 Å². The largest absolute Gasteiger partial charge is 0.443 e. The van der Waals surface area contributed by atoms with E-state index in [-0.39, 0.29) is 18.5 Å². The predicted octanol–water partition coefficient (Wildman–Crippen LogP) is 5.83. The van der Waals surface area contributed by atoms with Crippen LogP contribution in [0.3, 0.4) is 0 Å². The maximum absolute atomic E-state index is 13.0. The predicted molar refractivity (Wildman–Crippen MR) is 114 cm³/mol. The molecule has 3 rings (SSSR count). The molecule has 0 aromatic heterocycles. The molecule has 2 atom stereocenters. The lowest BCUT2D eigenvalue weighted by Gasteiger charge is -2.34. The van der Waals surface area contributed by atoms with Crippen molar-refractivity contribution in [2.45, 2.75) is 45.5 Å². The van der Waals surface area contributed by atoms with Gasteiger partial charge in [0.05, 0.1) is 6.54 Å². The molecule has 29 heavy (non-hydrogen) atoms. The number of amides is 2. The van der Waals surface area contributed by atoms with Gasteiger partial charge in [-0.3, -0.25) is 9.69 Å². The Kier molecular flexibility index (Phi) is 6.22. The average molecular weight is 435 g/mol. The number of rotatable bonds is 3. The van der Waals surface area contributed by atoms with Crippen molar-refractivity contribution in [2.24, 2.45) is 0 Å². The molecule has 1 heterocycles. The first-order chi connectivity index (χ1) is 13.6. The third kappa shape index (κ3) is 4.58. The Morgan fingerprint density at radius 2 is 1.66 bits per heavy atom. The van der Waals surface area contributed by atoms with Crippen LogP contribution in [0.1, 0.15) is 51.0 Å². The first-order valence-corrected chi connectivity index (χ1v) is 10.2. The Labute approximate surface area is 181 Å². The van der Waals surface area contributed by atoms with Gasteiger partial charge in [-0.05, 0) is 45.4 Å². The standard InChI is InChI=1S/C22H24Cl2N2O3/c1-14(15-9-6-5-7-10-15)25-13-18(27)26(21(28)29-22(2,3)4)20(25)19-16(23)11-8-12-17(19)24/h5-12,14,20H,13H2,1-4H3/t14?,20-/m1/s1. The summed E-state index contributed by atoms with van der Waals surface area (Å²) in [7, 11) is 0. The fourth-order valence-electron chi connectivity index (χ4n) is 3.44. The van der Waals surface area contributed by atoms with E-state index < -0.39 is 17.9 Å². The number of carbonyl (C=O) groups excluding carboxylic acids is 2. The van der Waals surface area contributed by atoms with Crippen LogP contribution in [0, 0.1) is 0 Å². The van der Waals surface area contributed by atoms with Gasteiger partial charge in [0.25, 0.3) is 0 Å². The molecule has 0 saturated carbocycles. The first kappa shape index (κ1) is 21.6. The monoisotopic (exact) mass is 434 g/mol. The van der Waals surface area contributed by atoms with Gasteiger partial charge < -0.3 is 4.74 Å². The van der Waals surface area contributed by atoms with Crippen LogP contribution in [0.4, 0.5) is 4.79 Å². The summed E-state index contributed by atoms with van der Waals surface area (Å²) < 4.78 is 5.51. The Bertz CT molecular complexity index is 892. The van der Waals surface area contributed by atoms with Crippen LogP contribution in [-0.2, 0) is 9.53 Å². The second-order valence-electron chi connectivity index (χ2n) is 8.01. The van der Waals surface area contributed by atoms with Gasteiger partial charge in [0.2, 0.25) is 5.91 Å². The summed E-state index contributed by atoms with van der Waals surface area (Å²) in [5, 5.41) is 0.770. The topological polar surface area (TPSA) is 49.9 Å². The maximum atomic E-state index is 13.0. The van der Waals surface area contributed by atoms with Crippen molar-refractivity contribution in [2.75, 3.05) is 6.54 Å². The van der Waals surface area contributed by atoms with Gasteiger partial charge in [0.1, 0.15) is 11.8 Å². The molecule has 1 aliphatic heterocycles. The van der Waals surface area contributed by atoms with Crippen molar-refractivity contribution >= 4 is 35.2 Å². The van der Waals surface area contributed by atoms with Crippen LogP contribution in [0.25, 0.3) is 0 Å². The highest BCUT2D eigenvalue weighted by Gasteiger charge is 2.47. The van der Waals surface area contributed by atoms with Crippen molar-refractivity contribution < 1.29 is 14.3 Å². The van der Waals surface area contributed by atoms with Crippen molar-refractivity contribution in [3.63, 3.8) is 0 Å². The van der Waals surface area contributed by atoms with E-state index in [9.17, 15) is 9.59 Å². The fraction of sp³-hybridized carbons (Fsp3) is 0.364. The lowest BCUT2D eigenvalue weighted by atomic mass is 10.0. The molecule has 0 spiro atoms. The van der Waals surface area contributed by atoms with Gasteiger partial charge in [-0.25, -0.2) is 9.69 Å². The number of nitrogens with zero attached hydrogens (tertiary/aromatic N) is 2. The molecule has 1 saturated heterocycles. The number of hydrogen-bond donors (Lipinski definition) is 0. The average Bonchev–Trinajstić information content (AvgIpc) is 2.97. The Balaban J connectivity index is 2.09. The molecule has 0 radical (unpaired) electrons. The summed E-state index contributed by atoms with van der Waals surface area (Å²) in [6, 6.07) is 14.7. The number of carbonyl (C=O) groups is 2. The minimum atomic E-state index is -0.770. The molecule has 2 amide bonds. The second-order valence-corrected chi connectivity index (χ2v) is 8.83. The highest BCUT2D eigenvalue weighted by atomic mass is 35.5. The molecule has 0 bridgehead atoms. The molecule has 1 fully saturated rings. The Morgan fingerprint density at radius 3 is 2.21 bits per heavy atom. The number of imide groups is 1. The molecule has 0 N–H and O–H groups in total. The van der Waals surface area contributed by atoms with Gasteiger partial charge in [0.15, 0.2) is 0 Å². The Hall–Kier alpha value is -2.08. The summed E-state index contributed by atoms with van der Waals surface area (Å²) in [6.07, 6.45) is -1.49. The number of benzene rings is 2. The van der Waals surface area contributed by atoms with Crippen LogP contribution in [0.15, 0.2) is 48.5 Å². The number of hydrogen-bond acceptors (Lipinski definition) is 4. The van der Waals surface area contributed by atoms with E-state index in [0.29, 0.717) is 15.6 Å². The van der Waals surface area contributed by atoms with E-state index in [4.69, 9.17) is 27.9 Å². The van der Waals surface area contributed by atoms with Gasteiger partial charge in [-0.15, -0.1) is 0 Å². The lowest BCUT2D eigenvalue weighted by Crippen LogP contribution is -2.41. The summed E-state index contributed by atoms with van der Waals surface area (Å²) in [5.41, 5.74) is 0.778. The zero-order chi connectivity index (χ0) is 21.3. The third-order valence-corrected chi connectivity index (χ3v) is 5.43. The van der Waals surface area contributed by atoms with Crippen LogP contribution >= 0.6 is 23.2 Å². The molecular formula is C22H24Cl2N2O3. The van der Waals surface area contributed by atoms with Crippen LogP contribution in [-0.4, -0.2) is 33.9 Å². The summed E-state index contributed by atoms with van der Waals surface area (Å²) in [5.74, 6) is -0.358. The zero-order valence-corrected chi connectivity index (χ0v) is 18.4. The summed E-state index contributed by atoms with van der Waals surface area (Å²) >= 11 is 13.0. The molecule has 5 nitrogen and oxygen atoms in total. The number of halogens is 2. The van der Waals surface area contributed by atoms with Crippen molar-refractivity contribution in [1.29, 1.82) is 0 Å². The van der Waals surface area contributed by atoms with Crippen LogP contribution in [0.5, 0.6) is 0 Å². The highest BCUT2D eigenvalue weighted by molar-refractivity contribution is 6.36. The summed E-state index contributed by atoms with van der Waals surface area (Å²) in [6.45, 7) is 7.30. The smallest absolute Gasteiger partial charge is 0.418 e. The minimum Gasteiger partial charge on any atom is -0.443 e. The van der Waals surface area contributed by atoms with Crippen molar-refractivity contribution in [3.05, 3.63) is 69.7 Å². The first-order valence-electron chi connectivity index (χ1n) is 9.40. The fourth-order valence-corrected chi connectivity index (χ4v) is 4.03. The van der Waals surface area contributed by atoms with Crippen LogP contribution < -0.4 is 0 Å². The maximum Gasteiger partial charge on any atom is 0.418 e. The molecule has 0 aliphatic carbocycles. The SMILES string of the molecule is CC(c1ccccc1)N1CC(=O)N(C(=O)OC(C)(C)C)[C@@H]1c1c(Cl)cccc1Cl. The van der Waals surface area contributed by atoms with E-state index in [2.05, 4.69) is 0 Å². The van der Waals surface area contributed by atoms with Crippen molar-refractivity contribution in [1.82, 2.24) is 9.80 Å². The summed E-state index contributed by atoms with van der Waals surface area (Å²) in [4.78, 5) is 28.9. The second kappa shape index (κ2) is 8.34. The molecule has 2 aromatic rings. The zero-order valence-electron chi connectivity index (χ0n) is 16.9. The molecule has 2 aromatic carbocycles. The van der Waals surface area contributed by atoms with E-state index >= 15 is 0 Å². The van der Waals surface area contributed by atoms with Gasteiger partial charge in [-0.2, -0.15) is 0 Å². The quantitative estimate of drug-likeness (QED) is 0.609. The van der Waals surface area contributed by atoms with Crippen molar-refractivity contribution in [3.8, 4) is 0 Å². The third-order valence-electron chi connectivity index (χ3n) is 4.77. The molecule has 154 valence electrons. The van der Waals surface area contributed by atoms with Gasteiger partial charge in [0, 0.05) is 21.7 Å². The normalized spacial score (nSPS) is 18.8. The van der Waals surface area contributed by atoms with E-state index in [1.54, 1.807) is 39.0 Å². The van der Waals surface area contributed by atoms with E-state index in [0.717, 1.165) is 10.5 Å². The van der Waals surface area contributed by atoms with Gasteiger partial charge >= 0.3 is 6.09 Å².